The highest BCUT2D eigenvalue weighted by Crippen LogP contribution is 2.16. The lowest BCUT2D eigenvalue weighted by molar-refractivity contribution is -0.147. The van der Waals surface area contributed by atoms with Crippen molar-refractivity contribution in [2.75, 3.05) is 0 Å². The molecule has 0 aliphatic rings. The Morgan fingerprint density at radius 3 is 2.10 bits per heavy atom. The van der Waals surface area contributed by atoms with E-state index in [0.717, 1.165) is 38.5 Å². The second-order valence-electron chi connectivity index (χ2n) is 8.06. The van der Waals surface area contributed by atoms with Crippen LogP contribution >= 0.6 is 0 Å². The van der Waals surface area contributed by atoms with Crippen molar-refractivity contribution in [3.63, 3.8) is 0 Å². The zero-order valence-electron chi connectivity index (χ0n) is 19.0. The predicted octanol–water partition coefficient (Wildman–Crippen LogP) is 5.62. The summed E-state index contributed by atoms with van der Waals surface area (Å²) in [4.78, 5) is 33.3. The van der Waals surface area contributed by atoms with Crippen molar-refractivity contribution in [3.05, 3.63) is 23.3 Å². The maximum absolute atomic E-state index is 11.7. The molecule has 0 aromatic heterocycles. The molecule has 0 radical (unpaired) electrons. The smallest absolute Gasteiger partial charge is 0.326 e. The van der Waals surface area contributed by atoms with Crippen LogP contribution in [0.3, 0.4) is 0 Å². The molecule has 0 aromatic rings. The lowest BCUT2D eigenvalue weighted by Gasteiger charge is -2.12. The molecule has 0 rings (SSSR count). The van der Waals surface area contributed by atoms with Gasteiger partial charge in [-0.25, -0.2) is 4.79 Å². The zero-order chi connectivity index (χ0) is 22.8. The van der Waals surface area contributed by atoms with Gasteiger partial charge in [-0.05, 0) is 52.4 Å². The van der Waals surface area contributed by atoms with Crippen LogP contribution in [0.25, 0.3) is 0 Å². The summed E-state index contributed by atoms with van der Waals surface area (Å²) in [5.41, 5.74) is 3.00. The Hall–Kier alpha value is -2.11. The summed E-state index contributed by atoms with van der Waals surface area (Å²) in [6, 6.07) is -1.36. The number of carbonyl (C=O) groups is 3. The minimum absolute atomic E-state index is 0.229. The van der Waals surface area contributed by atoms with Gasteiger partial charge >= 0.3 is 11.9 Å². The van der Waals surface area contributed by atoms with Crippen molar-refractivity contribution in [1.29, 1.82) is 0 Å². The van der Waals surface area contributed by atoms with Gasteiger partial charge in [0.25, 0.3) is 0 Å². The van der Waals surface area contributed by atoms with E-state index in [-0.39, 0.29) is 6.42 Å². The Morgan fingerprint density at radius 2 is 1.47 bits per heavy atom. The van der Waals surface area contributed by atoms with E-state index < -0.39 is 30.3 Å². The van der Waals surface area contributed by atoms with E-state index in [1.54, 1.807) is 0 Å². The van der Waals surface area contributed by atoms with Gasteiger partial charge in [-0.3, -0.25) is 9.59 Å². The van der Waals surface area contributed by atoms with Gasteiger partial charge in [-0.15, -0.1) is 0 Å². The molecule has 6 nitrogen and oxygen atoms in total. The Bertz CT molecular complexity index is 580. The molecule has 30 heavy (non-hydrogen) atoms. The van der Waals surface area contributed by atoms with Gasteiger partial charge < -0.3 is 15.5 Å². The molecule has 1 unspecified atom stereocenters. The molecule has 1 amide bonds. The van der Waals surface area contributed by atoms with Crippen LogP contribution in [0.2, 0.25) is 0 Å². The molecule has 1 atom stereocenters. The van der Waals surface area contributed by atoms with Crippen molar-refractivity contribution >= 4 is 17.8 Å². The monoisotopic (exact) mass is 423 g/mol. The summed E-state index contributed by atoms with van der Waals surface area (Å²) in [5, 5.41) is 19.9. The van der Waals surface area contributed by atoms with E-state index in [4.69, 9.17) is 10.2 Å². The number of hydrogen-bond donors (Lipinski definition) is 3. The van der Waals surface area contributed by atoms with Crippen molar-refractivity contribution in [1.82, 2.24) is 5.32 Å². The van der Waals surface area contributed by atoms with Gasteiger partial charge in [-0.1, -0.05) is 62.3 Å². The summed E-state index contributed by atoms with van der Waals surface area (Å²) in [7, 11) is 0. The number of carboxylic acid groups (broad SMARTS) is 2. The molecule has 0 bridgehead atoms. The largest absolute Gasteiger partial charge is 0.481 e. The van der Waals surface area contributed by atoms with E-state index in [1.165, 1.54) is 36.8 Å². The molecule has 6 heteroatoms. The fourth-order valence-corrected chi connectivity index (χ4v) is 3.13. The zero-order valence-corrected chi connectivity index (χ0v) is 19.0. The number of carboxylic acids is 2. The molecule has 0 spiro atoms. The number of nitrogens with one attached hydrogen (secondary N) is 1. The summed E-state index contributed by atoms with van der Waals surface area (Å²) in [6.45, 7) is 6.70. The number of allylic oxidation sites excluding steroid dienone is 4. The SMILES string of the molecule is CCCCC/C(C)=C(/C)C/C=C\CCCCCCCC(=O)NC(CC(=O)O)C(=O)O. The van der Waals surface area contributed by atoms with E-state index in [9.17, 15) is 14.4 Å². The molecule has 0 aliphatic carbocycles. The van der Waals surface area contributed by atoms with Crippen LogP contribution in [0.1, 0.15) is 104 Å². The van der Waals surface area contributed by atoms with Gasteiger partial charge in [0.15, 0.2) is 0 Å². The average molecular weight is 424 g/mol. The van der Waals surface area contributed by atoms with Crippen molar-refractivity contribution < 1.29 is 24.6 Å². The molecular formula is C24H41NO5. The normalized spacial score (nSPS) is 13.2. The van der Waals surface area contributed by atoms with E-state index in [1.807, 2.05) is 0 Å². The van der Waals surface area contributed by atoms with Crippen LogP contribution in [0.15, 0.2) is 23.3 Å². The molecule has 0 saturated heterocycles. The summed E-state index contributed by atoms with van der Waals surface area (Å²) in [5.74, 6) is -2.97. The Morgan fingerprint density at radius 1 is 0.833 bits per heavy atom. The number of carbonyl (C=O) groups excluding carboxylic acids is 1. The Balaban J connectivity index is 3.79. The third-order valence-electron chi connectivity index (χ3n) is 5.26. The maximum Gasteiger partial charge on any atom is 0.326 e. The predicted molar refractivity (Wildman–Crippen MR) is 120 cm³/mol. The number of amides is 1. The molecule has 0 fully saturated rings. The highest BCUT2D eigenvalue weighted by atomic mass is 16.4. The maximum atomic E-state index is 11.7. The minimum atomic E-state index is -1.36. The summed E-state index contributed by atoms with van der Waals surface area (Å²) in [6.07, 6.45) is 16.2. The van der Waals surface area contributed by atoms with Crippen molar-refractivity contribution in [3.8, 4) is 0 Å². The van der Waals surface area contributed by atoms with E-state index in [0.29, 0.717) is 6.42 Å². The molecule has 0 aliphatic heterocycles. The summed E-state index contributed by atoms with van der Waals surface area (Å²) < 4.78 is 0. The first-order valence-electron chi connectivity index (χ1n) is 11.3. The van der Waals surface area contributed by atoms with Crippen LogP contribution in [0.5, 0.6) is 0 Å². The molecule has 0 aromatic carbocycles. The molecule has 0 saturated carbocycles. The third-order valence-corrected chi connectivity index (χ3v) is 5.26. The number of rotatable bonds is 18. The highest BCUT2D eigenvalue weighted by molar-refractivity contribution is 5.86. The van der Waals surface area contributed by atoms with Crippen LogP contribution < -0.4 is 5.32 Å². The number of unbranched alkanes of at least 4 members (excludes halogenated alkanes) is 7. The van der Waals surface area contributed by atoms with Crippen LogP contribution in [-0.4, -0.2) is 34.1 Å². The minimum Gasteiger partial charge on any atom is -0.481 e. The second-order valence-corrected chi connectivity index (χ2v) is 8.06. The lowest BCUT2D eigenvalue weighted by atomic mass is 10.0. The fourth-order valence-electron chi connectivity index (χ4n) is 3.13. The van der Waals surface area contributed by atoms with Crippen molar-refractivity contribution in [2.45, 2.75) is 110 Å². The van der Waals surface area contributed by atoms with Gasteiger partial charge in [0.2, 0.25) is 5.91 Å². The van der Waals surface area contributed by atoms with Gasteiger partial charge in [0.05, 0.1) is 6.42 Å². The standard InChI is InChI=1S/C24H41NO5/c1-4-5-12-15-19(2)20(3)16-13-10-8-6-7-9-11-14-17-22(26)25-21(24(29)30)18-23(27)28/h10,13,21H,4-9,11-12,14-18H2,1-3H3,(H,25,26)(H,27,28)(H,29,30)/b13-10-,20-19-. The van der Waals surface area contributed by atoms with E-state index in [2.05, 4.69) is 38.2 Å². The van der Waals surface area contributed by atoms with Gasteiger partial charge in [-0.2, -0.15) is 0 Å². The topological polar surface area (TPSA) is 104 Å². The first-order valence-corrected chi connectivity index (χ1v) is 11.3. The second kappa shape index (κ2) is 17.7. The lowest BCUT2D eigenvalue weighted by Crippen LogP contribution is -2.42. The van der Waals surface area contributed by atoms with Crippen LogP contribution in [0, 0.1) is 0 Å². The molecule has 172 valence electrons. The quantitative estimate of drug-likeness (QED) is 0.196. The third kappa shape index (κ3) is 15.8. The van der Waals surface area contributed by atoms with E-state index >= 15 is 0 Å². The first-order chi connectivity index (χ1) is 14.3. The van der Waals surface area contributed by atoms with Crippen LogP contribution in [0.4, 0.5) is 0 Å². The highest BCUT2D eigenvalue weighted by Gasteiger charge is 2.22. The number of hydrogen-bond acceptors (Lipinski definition) is 3. The molecule has 3 N–H and O–H groups in total. The summed E-state index contributed by atoms with van der Waals surface area (Å²) >= 11 is 0. The molecular weight excluding hydrogens is 382 g/mol. The average Bonchev–Trinajstić information content (AvgIpc) is 2.68. The Kier molecular flexibility index (Phi) is 16.5. The van der Waals surface area contributed by atoms with Gasteiger partial charge in [0.1, 0.15) is 6.04 Å². The van der Waals surface area contributed by atoms with Crippen LogP contribution in [-0.2, 0) is 14.4 Å². The first kappa shape index (κ1) is 27.9. The fraction of sp³-hybridized carbons (Fsp3) is 0.708. The van der Waals surface area contributed by atoms with Crippen molar-refractivity contribution in [2.24, 2.45) is 0 Å². The molecule has 0 heterocycles. The Labute approximate surface area is 181 Å². The number of aliphatic carboxylic acids is 2. The van der Waals surface area contributed by atoms with Gasteiger partial charge in [0, 0.05) is 6.42 Å².